The Morgan fingerprint density at radius 3 is 3.00 bits per heavy atom. The predicted molar refractivity (Wildman–Crippen MR) is 38.4 cm³/mol. The maximum atomic E-state index is 10.8. The standard InChI is InChI=1S/C6H8N4O/c1-4-2-3-8-5(9-4)6(11)10-7/h2-3H,7H2,1H3,(H,10,11). The molecule has 1 aromatic rings. The molecular formula is C6H8N4O. The molecule has 0 aromatic carbocycles. The van der Waals surface area contributed by atoms with Gasteiger partial charge >= 0.3 is 5.91 Å². The van der Waals surface area contributed by atoms with E-state index in [1.54, 1.807) is 13.0 Å². The minimum atomic E-state index is -0.478. The summed E-state index contributed by atoms with van der Waals surface area (Å²) in [6.07, 6.45) is 1.51. The van der Waals surface area contributed by atoms with Gasteiger partial charge in [0.15, 0.2) is 0 Å². The van der Waals surface area contributed by atoms with Gasteiger partial charge in [0, 0.05) is 11.9 Å². The van der Waals surface area contributed by atoms with Crippen molar-refractivity contribution in [3.05, 3.63) is 23.8 Å². The summed E-state index contributed by atoms with van der Waals surface area (Å²) in [5, 5.41) is 0. The van der Waals surface area contributed by atoms with Gasteiger partial charge in [-0.05, 0) is 13.0 Å². The molecule has 11 heavy (non-hydrogen) atoms. The summed E-state index contributed by atoms with van der Waals surface area (Å²) < 4.78 is 0. The molecule has 5 nitrogen and oxygen atoms in total. The molecule has 0 atom stereocenters. The summed E-state index contributed by atoms with van der Waals surface area (Å²) in [5.74, 6) is 4.49. The van der Waals surface area contributed by atoms with Gasteiger partial charge in [0.1, 0.15) is 0 Å². The van der Waals surface area contributed by atoms with Crippen molar-refractivity contribution in [3.63, 3.8) is 0 Å². The number of rotatable bonds is 1. The van der Waals surface area contributed by atoms with E-state index < -0.39 is 5.91 Å². The normalized spacial score (nSPS) is 9.27. The molecule has 1 heterocycles. The van der Waals surface area contributed by atoms with E-state index in [-0.39, 0.29) is 5.82 Å². The number of hydrazine groups is 1. The molecule has 0 aliphatic heterocycles. The van der Waals surface area contributed by atoms with Gasteiger partial charge in [-0.1, -0.05) is 0 Å². The Morgan fingerprint density at radius 2 is 2.45 bits per heavy atom. The van der Waals surface area contributed by atoms with Crippen LogP contribution in [0.15, 0.2) is 12.3 Å². The summed E-state index contributed by atoms with van der Waals surface area (Å²) in [7, 11) is 0. The van der Waals surface area contributed by atoms with Gasteiger partial charge in [0.2, 0.25) is 5.82 Å². The molecule has 1 rings (SSSR count). The lowest BCUT2D eigenvalue weighted by molar-refractivity contribution is 0.0943. The van der Waals surface area contributed by atoms with Crippen LogP contribution in [0.2, 0.25) is 0 Å². The van der Waals surface area contributed by atoms with Gasteiger partial charge in [-0.25, -0.2) is 15.8 Å². The van der Waals surface area contributed by atoms with Crippen molar-refractivity contribution in [2.24, 2.45) is 5.84 Å². The van der Waals surface area contributed by atoms with E-state index in [4.69, 9.17) is 5.84 Å². The molecule has 0 saturated heterocycles. The Hall–Kier alpha value is -1.49. The number of hydrogen-bond acceptors (Lipinski definition) is 4. The van der Waals surface area contributed by atoms with Crippen LogP contribution in [0.25, 0.3) is 0 Å². The summed E-state index contributed by atoms with van der Waals surface area (Å²) in [6, 6.07) is 1.70. The molecule has 0 fully saturated rings. The number of carbonyl (C=O) groups excluding carboxylic acids is 1. The Balaban J connectivity index is 2.96. The number of amides is 1. The fourth-order valence-electron chi connectivity index (χ4n) is 0.623. The first-order valence-electron chi connectivity index (χ1n) is 3.04. The Morgan fingerprint density at radius 1 is 1.73 bits per heavy atom. The van der Waals surface area contributed by atoms with Gasteiger partial charge in [0.05, 0.1) is 0 Å². The molecule has 0 aliphatic carbocycles. The zero-order valence-corrected chi connectivity index (χ0v) is 6.03. The molecule has 0 bridgehead atoms. The highest BCUT2D eigenvalue weighted by Crippen LogP contribution is 1.91. The molecule has 0 radical (unpaired) electrons. The van der Waals surface area contributed by atoms with E-state index in [9.17, 15) is 4.79 Å². The van der Waals surface area contributed by atoms with Crippen molar-refractivity contribution < 1.29 is 4.79 Å². The lowest BCUT2D eigenvalue weighted by Crippen LogP contribution is -2.31. The molecule has 0 spiro atoms. The van der Waals surface area contributed by atoms with Crippen LogP contribution in [-0.4, -0.2) is 15.9 Å². The molecule has 1 amide bonds. The second kappa shape index (κ2) is 3.07. The van der Waals surface area contributed by atoms with Crippen LogP contribution in [-0.2, 0) is 0 Å². The smallest absolute Gasteiger partial charge is 0.287 e. The fourth-order valence-corrected chi connectivity index (χ4v) is 0.623. The number of carbonyl (C=O) groups is 1. The third kappa shape index (κ3) is 1.71. The zero-order valence-electron chi connectivity index (χ0n) is 6.03. The monoisotopic (exact) mass is 152 g/mol. The molecular weight excluding hydrogens is 144 g/mol. The van der Waals surface area contributed by atoms with Gasteiger partial charge in [-0.2, -0.15) is 0 Å². The second-order valence-corrected chi connectivity index (χ2v) is 2.00. The fraction of sp³-hybridized carbons (Fsp3) is 0.167. The molecule has 3 N–H and O–H groups in total. The van der Waals surface area contributed by atoms with E-state index in [1.807, 2.05) is 5.43 Å². The van der Waals surface area contributed by atoms with Crippen LogP contribution in [0.4, 0.5) is 0 Å². The van der Waals surface area contributed by atoms with Crippen LogP contribution < -0.4 is 11.3 Å². The van der Waals surface area contributed by atoms with Crippen molar-refractivity contribution in [1.29, 1.82) is 0 Å². The van der Waals surface area contributed by atoms with Gasteiger partial charge in [0.25, 0.3) is 0 Å². The molecule has 5 heteroatoms. The van der Waals surface area contributed by atoms with Gasteiger partial charge in [-0.15, -0.1) is 0 Å². The highest BCUT2D eigenvalue weighted by Gasteiger charge is 2.04. The van der Waals surface area contributed by atoms with Crippen molar-refractivity contribution >= 4 is 5.91 Å². The highest BCUT2D eigenvalue weighted by molar-refractivity contribution is 5.89. The predicted octanol–water partition coefficient (Wildman–Crippen LogP) is -0.611. The van der Waals surface area contributed by atoms with Crippen LogP contribution in [0.5, 0.6) is 0 Å². The van der Waals surface area contributed by atoms with Crippen LogP contribution in [0.1, 0.15) is 16.3 Å². The average molecular weight is 152 g/mol. The average Bonchev–Trinajstić information content (AvgIpc) is 2.03. The van der Waals surface area contributed by atoms with E-state index >= 15 is 0 Å². The highest BCUT2D eigenvalue weighted by atomic mass is 16.2. The number of nitrogens with zero attached hydrogens (tertiary/aromatic N) is 2. The number of aromatic nitrogens is 2. The largest absolute Gasteiger partial charge is 0.302 e. The van der Waals surface area contributed by atoms with Crippen molar-refractivity contribution in [2.45, 2.75) is 6.92 Å². The Kier molecular flexibility index (Phi) is 2.12. The zero-order chi connectivity index (χ0) is 8.27. The van der Waals surface area contributed by atoms with E-state index in [1.165, 1.54) is 6.20 Å². The molecule has 58 valence electrons. The maximum absolute atomic E-state index is 10.8. The number of nitrogens with two attached hydrogens (primary N) is 1. The lowest BCUT2D eigenvalue weighted by Gasteiger charge is -1.96. The molecule has 0 aliphatic rings. The summed E-state index contributed by atoms with van der Waals surface area (Å²) >= 11 is 0. The van der Waals surface area contributed by atoms with Gasteiger partial charge < -0.3 is 0 Å². The third-order valence-electron chi connectivity index (χ3n) is 1.13. The minimum Gasteiger partial charge on any atom is -0.287 e. The Bertz CT molecular complexity index is 273. The maximum Gasteiger partial charge on any atom is 0.302 e. The summed E-state index contributed by atoms with van der Waals surface area (Å²) in [5.41, 5.74) is 2.68. The van der Waals surface area contributed by atoms with Gasteiger partial charge in [-0.3, -0.25) is 10.2 Å². The van der Waals surface area contributed by atoms with Crippen molar-refractivity contribution in [3.8, 4) is 0 Å². The van der Waals surface area contributed by atoms with Crippen molar-refractivity contribution in [2.75, 3.05) is 0 Å². The third-order valence-corrected chi connectivity index (χ3v) is 1.13. The first kappa shape index (κ1) is 7.62. The van der Waals surface area contributed by atoms with Crippen molar-refractivity contribution in [1.82, 2.24) is 15.4 Å². The number of nitrogens with one attached hydrogen (secondary N) is 1. The molecule has 0 saturated carbocycles. The molecule has 0 unspecified atom stereocenters. The number of nitrogen functional groups attached to an aromatic ring is 1. The number of hydrogen-bond donors (Lipinski definition) is 2. The van der Waals surface area contributed by atoms with Crippen LogP contribution >= 0.6 is 0 Å². The lowest BCUT2D eigenvalue weighted by atomic mass is 10.4. The Labute approximate surface area is 63.6 Å². The summed E-state index contributed by atoms with van der Waals surface area (Å²) in [4.78, 5) is 18.4. The van der Waals surface area contributed by atoms with Crippen LogP contribution in [0.3, 0.4) is 0 Å². The SMILES string of the molecule is Cc1ccnc(C(=O)NN)n1. The topological polar surface area (TPSA) is 80.9 Å². The second-order valence-electron chi connectivity index (χ2n) is 2.00. The van der Waals surface area contributed by atoms with E-state index in [0.29, 0.717) is 0 Å². The number of aryl methyl sites for hydroxylation is 1. The van der Waals surface area contributed by atoms with Crippen LogP contribution in [0, 0.1) is 6.92 Å². The van der Waals surface area contributed by atoms with E-state index in [2.05, 4.69) is 9.97 Å². The molecule has 1 aromatic heterocycles. The van der Waals surface area contributed by atoms with E-state index in [0.717, 1.165) is 5.69 Å². The first-order valence-corrected chi connectivity index (χ1v) is 3.04. The summed E-state index contributed by atoms with van der Waals surface area (Å²) in [6.45, 7) is 1.77. The quantitative estimate of drug-likeness (QED) is 0.319. The minimum absolute atomic E-state index is 0.0903. The first-order chi connectivity index (χ1) is 5.24.